The van der Waals surface area contributed by atoms with E-state index in [1.807, 2.05) is 14.0 Å². The van der Waals surface area contributed by atoms with E-state index < -0.39 is 10.0 Å². The summed E-state index contributed by atoms with van der Waals surface area (Å²) in [5.74, 6) is 0.496. The molecule has 162 valence electrons. The van der Waals surface area contributed by atoms with Crippen molar-refractivity contribution < 1.29 is 17.9 Å². The van der Waals surface area contributed by atoms with Crippen molar-refractivity contribution in [3.63, 3.8) is 0 Å². The number of anilines is 1. The Morgan fingerprint density at radius 1 is 0.967 bits per heavy atom. The second kappa shape index (κ2) is 9.51. The van der Waals surface area contributed by atoms with E-state index in [1.165, 1.54) is 30.6 Å². The number of ether oxygens (including phenoxy) is 1. The Labute approximate surface area is 179 Å². The molecule has 2 aromatic carbocycles. The number of likely N-dealkylation sites (N-methyl/N-ethyl adjacent to an activating group) is 1. The Morgan fingerprint density at radius 2 is 1.57 bits per heavy atom. The third-order valence-electron chi connectivity index (χ3n) is 5.76. The molecule has 0 atom stereocenters. The maximum absolute atomic E-state index is 12.8. The topological polar surface area (TPSA) is 66.9 Å². The second-order valence-electron chi connectivity index (χ2n) is 7.86. The number of amides is 1. The molecule has 7 heteroatoms. The molecule has 0 bridgehead atoms. The SMILES string of the molecule is Cc1ccc(S(=O)(=O)N(C)c2ccc(OCC(=O)N(C)C3CCCCC3)cc2)cc1. The number of hydrogen-bond acceptors (Lipinski definition) is 4. The normalized spacial score (nSPS) is 14.9. The number of benzene rings is 2. The molecule has 2 aromatic rings. The van der Waals surface area contributed by atoms with Gasteiger partial charge in [-0.15, -0.1) is 0 Å². The van der Waals surface area contributed by atoms with Crippen LogP contribution in [0.1, 0.15) is 37.7 Å². The minimum Gasteiger partial charge on any atom is -0.484 e. The third kappa shape index (κ3) is 5.14. The summed E-state index contributed by atoms with van der Waals surface area (Å²) in [5, 5.41) is 0. The molecule has 6 nitrogen and oxygen atoms in total. The van der Waals surface area contributed by atoms with Crippen LogP contribution in [0.2, 0.25) is 0 Å². The maximum atomic E-state index is 12.8. The molecular weight excluding hydrogens is 400 g/mol. The van der Waals surface area contributed by atoms with Crippen LogP contribution in [-0.2, 0) is 14.8 Å². The van der Waals surface area contributed by atoms with Gasteiger partial charge in [0, 0.05) is 20.1 Å². The molecule has 0 aromatic heterocycles. The van der Waals surface area contributed by atoms with Gasteiger partial charge in [-0.3, -0.25) is 9.10 Å². The Hall–Kier alpha value is -2.54. The summed E-state index contributed by atoms with van der Waals surface area (Å²) >= 11 is 0. The van der Waals surface area contributed by atoms with Crippen molar-refractivity contribution >= 4 is 21.6 Å². The van der Waals surface area contributed by atoms with E-state index in [1.54, 1.807) is 53.4 Å². The van der Waals surface area contributed by atoms with Crippen molar-refractivity contribution in [3.05, 3.63) is 54.1 Å². The Balaban J connectivity index is 1.60. The average Bonchev–Trinajstić information content (AvgIpc) is 2.77. The molecule has 1 aliphatic rings. The van der Waals surface area contributed by atoms with Crippen LogP contribution in [0.15, 0.2) is 53.4 Å². The lowest BCUT2D eigenvalue weighted by Crippen LogP contribution is -2.40. The molecule has 0 aliphatic heterocycles. The van der Waals surface area contributed by atoms with Crippen molar-refractivity contribution in [3.8, 4) is 5.75 Å². The number of sulfonamides is 1. The lowest BCUT2D eigenvalue weighted by Gasteiger charge is -2.31. The standard InChI is InChI=1S/C23H30N2O4S/c1-18-9-15-22(16-10-18)30(27,28)25(3)20-11-13-21(14-12-20)29-17-23(26)24(2)19-7-5-4-6-8-19/h9-16,19H,4-8,17H2,1-3H3. The molecule has 1 saturated carbocycles. The number of carbonyl (C=O) groups excluding carboxylic acids is 1. The van der Waals surface area contributed by atoms with Crippen LogP contribution in [0.5, 0.6) is 5.75 Å². The fourth-order valence-corrected chi connectivity index (χ4v) is 4.87. The maximum Gasteiger partial charge on any atom is 0.264 e. The van der Waals surface area contributed by atoms with Crippen molar-refractivity contribution in [1.29, 1.82) is 0 Å². The van der Waals surface area contributed by atoms with E-state index in [4.69, 9.17) is 4.74 Å². The first-order chi connectivity index (χ1) is 14.3. The van der Waals surface area contributed by atoms with Gasteiger partial charge in [-0.25, -0.2) is 8.42 Å². The first-order valence-corrected chi connectivity index (χ1v) is 11.8. The van der Waals surface area contributed by atoms with E-state index >= 15 is 0 Å². The van der Waals surface area contributed by atoms with Crippen LogP contribution in [0.25, 0.3) is 0 Å². The summed E-state index contributed by atoms with van der Waals surface area (Å²) in [6.45, 7) is 1.89. The average molecular weight is 431 g/mol. The molecule has 1 amide bonds. The highest BCUT2D eigenvalue weighted by Gasteiger charge is 2.23. The number of hydrogen-bond donors (Lipinski definition) is 0. The van der Waals surface area contributed by atoms with Gasteiger partial charge >= 0.3 is 0 Å². The molecule has 1 aliphatic carbocycles. The van der Waals surface area contributed by atoms with Crippen LogP contribution < -0.4 is 9.04 Å². The molecule has 30 heavy (non-hydrogen) atoms. The number of rotatable bonds is 7. The highest BCUT2D eigenvalue weighted by Crippen LogP contribution is 2.25. The van der Waals surface area contributed by atoms with E-state index in [2.05, 4.69) is 0 Å². The lowest BCUT2D eigenvalue weighted by molar-refractivity contribution is -0.134. The first-order valence-electron chi connectivity index (χ1n) is 10.3. The Kier molecular flexibility index (Phi) is 7.02. The van der Waals surface area contributed by atoms with Crippen LogP contribution in [0.4, 0.5) is 5.69 Å². The summed E-state index contributed by atoms with van der Waals surface area (Å²) in [5.41, 5.74) is 1.52. The van der Waals surface area contributed by atoms with Gasteiger partial charge in [0.2, 0.25) is 0 Å². The monoisotopic (exact) mass is 430 g/mol. The minimum atomic E-state index is -3.64. The van der Waals surface area contributed by atoms with Crippen LogP contribution in [-0.4, -0.2) is 46.0 Å². The predicted molar refractivity (Wildman–Crippen MR) is 118 cm³/mol. The van der Waals surface area contributed by atoms with Crippen LogP contribution >= 0.6 is 0 Å². The van der Waals surface area contributed by atoms with E-state index in [0.29, 0.717) is 17.5 Å². The van der Waals surface area contributed by atoms with Gasteiger partial charge in [-0.2, -0.15) is 0 Å². The quantitative estimate of drug-likeness (QED) is 0.666. The zero-order valence-corrected chi connectivity index (χ0v) is 18.7. The van der Waals surface area contributed by atoms with E-state index in [9.17, 15) is 13.2 Å². The van der Waals surface area contributed by atoms with Gasteiger partial charge in [0.25, 0.3) is 15.9 Å². The summed E-state index contributed by atoms with van der Waals surface area (Å²) in [4.78, 5) is 14.5. The fraction of sp³-hybridized carbons (Fsp3) is 0.435. The van der Waals surface area contributed by atoms with Crippen LogP contribution in [0, 0.1) is 6.92 Å². The molecule has 0 N–H and O–H groups in total. The molecule has 0 radical (unpaired) electrons. The summed E-state index contributed by atoms with van der Waals surface area (Å²) in [6.07, 6.45) is 5.69. The fourth-order valence-electron chi connectivity index (χ4n) is 3.68. The highest BCUT2D eigenvalue weighted by atomic mass is 32.2. The van der Waals surface area contributed by atoms with Crippen molar-refractivity contribution in [2.24, 2.45) is 0 Å². The van der Waals surface area contributed by atoms with Crippen molar-refractivity contribution in [2.45, 2.75) is 50.0 Å². The van der Waals surface area contributed by atoms with Gasteiger partial charge in [-0.1, -0.05) is 37.0 Å². The van der Waals surface area contributed by atoms with Gasteiger partial charge in [0.15, 0.2) is 6.61 Å². The van der Waals surface area contributed by atoms with E-state index in [0.717, 1.165) is 18.4 Å². The Morgan fingerprint density at radius 3 is 2.17 bits per heavy atom. The number of nitrogens with zero attached hydrogens (tertiary/aromatic N) is 2. The lowest BCUT2D eigenvalue weighted by atomic mass is 9.94. The van der Waals surface area contributed by atoms with Gasteiger partial charge in [0.05, 0.1) is 10.6 Å². The highest BCUT2D eigenvalue weighted by molar-refractivity contribution is 7.92. The Bertz CT molecular complexity index is 950. The number of aryl methyl sites for hydroxylation is 1. The third-order valence-corrected chi connectivity index (χ3v) is 7.56. The molecule has 1 fully saturated rings. The zero-order valence-electron chi connectivity index (χ0n) is 17.9. The van der Waals surface area contributed by atoms with Crippen molar-refractivity contribution in [2.75, 3.05) is 25.0 Å². The second-order valence-corrected chi connectivity index (χ2v) is 9.83. The van der Waals surface area contributed by atoms with Crippen molar-refractivity contribution in [1.82, 2.24) is 4.90 Å². The molecule has 0 saturated heterocycles. The van der Waals surface area contributed by atoms with Crippen LogP contribution in [0.3, 0.4) is 0 Å². The van der Waals surface area contributed by atoms with Gasteiger partial charge in [-0.05, 0) is 56.2 Å². The predicted octanol–water partition coefficient (Wildman–Crippen LogP) is 3.99. The summed E-state index contributed by atoms with van der Waals surface area (Å²) in [6, 6.07) is 13.8. The van der Waals surface area contributed by atoms with Gasteiger partial charge < -0.3 is 9.64 Å². The summed E-state index contributed by atoms with van der Waals surface area (Å²) in [7, 11) is -0.275. The van der Waals surface area contributed by atoms with E-state index in [-0.39, 0.29) is 17.4 Å². The molecule has 3 rings (SSSR count). The summed E-state index contributed by atoms with van der Waals surface area (Å²) < 4.78 is 32.5. The molecule has 0 heterocycles. The first kappa shape index (κ1) is 22.2. The number of carbonyl (C=O) groups is 1. The minimum absolute atomic E-state index is 0.0240. The smallest absolute Gasteiger partial charge is 0.264 e. The molecule has 0 spiro atoms. The molecular formula is C23H30N2O4S. The largest absolute Gasteiger partial charge is 0.484 e. The zero-order chi connectivity index (χ0) is 21.7. The molecule has 0 unspecified atom stereocenters. The van der Waals surface area contributed by atoms with Gasteiger partial charge in [0.1, 0.15) is 5.75 Å².